The molecule has 0 aliphatic heterocycles. The SMILES string of the molecule is COc1ccc(C2CCc3cc(O)ccc3C2)c(NC(C)Cc2ccc(OCCNCC3CC3)cc2)c1. The summed E-state index contributed by atoms with van der Waals surface area (Å²) in [5.41, 5.74) is 6.39. The summed E-state index contributed by atoms with van der Waals surface area (Å²) in [7, 11) is 1.72. The van der Waals surface area contributed by atoms with E-state index in [1.54, 1.807) is 13.2 Å². The number of phenols is 1. The number of aromatic hydroxyl groups is 1. The van der Waals surface area contributed by atoms with Crippen LogP contribution in [0.1, 0.15) is 54.4 Å². The third kappa shape index (κ3) is 6.98. The van der Waals surface area contributed by atoms with E-state index in [2.05, 4.69) is 66.1 Å². The van der Waals surface area contributed by atoms with Gasteiger partial charge in [-0.1, -0.05) is 24.3 Å². The fraction of sp³-hybridized carbons (Fsp3) is 0.438. The number of fused-ring (bicyclic) bond motifs is 1. The monoisotopic (exact) mass is 500 g/mol. The first-order valence-corrected chi connectivity index (χ1v) is 13.7. The summed E-state index contributed by atoms with van der Waals surface area (Å²) in [4.78, 5) is 0. The van der Waals surface area contributed by atoms with Gasteiger partial charge in [0, 0.05) is 24.3 Å². The Morgan fingerprint density at radius 2 is 1.76 bits per heavy atom. The fourth-order valence-corrected chi connectivity index (χ4v) is 5.41. The minimum atomic E-state index is 0.261. The van der Waals surface area contributed by atoms with Gasteiger partial charge < -0.3 is 25.2 Å². The predicted octanol–water partition coefficient (Wildman–Crippen LogP) is 6.09. The van der Waals surface area contributed by atoms with Crippen molar-refractivity contribution in [3.8, 4) is 17.2 Å². The first kappa shape index (κ1) is 25.5. The van der Waals surface area contributed by atoms with Crippen LogP contribution in [0.15, 0.2) is 60.7 Å². The Hall–Kier alpha value is -3.18. The highest BCUT2D eigenvalue weighted by Gasteiger charge is 2.23. The molecule has 3 aromatic carbocycles. The van der Waals surface area contributed by atoms with Crippen molar-refractivity contribution in [1.82, 2.24) is 5.32 Å². The highest BCUT2D eigenvalue weighted by Crippen LogP contribution is 2.38. The van der Waals surface area contributed by atoms with Gasteiger partial charge in [-0.2, -0.15) is 0 Å². The predicted molar refractivity (Wildman–Crippen MR) is 150 cm³/mol. The van der Waals surface area contributed by atoms with E-state index < -0.39 is 0 Å². The number of anilines is 1. The van der Waals surface area contributed by atoms with Crippen LogP contribution in [-0.4, -0.2) is 38.0 Å². The van der Waals surface area contributed by atoms with Crippen molar-refractivity contribution in [3.05, 3.63) is 82.9 Å². The van der Waals surface area contributed by atoms with Crippen LogP contribution in [0.2, 0.25) is 0 Å². The van der Waals surface area contributed by atoms with Crippen molar-refractivity contribution in [2.45, 2.75) is 57.4 Å². The van der Waals surface area contributed by atoms with Crippen LogP contribution >= 0.6 is 0 Å². The van der Waals surface area contributed by atoms with E-state index in [1.807, 2.05) is 6.07 Å². The van der Waals surface area contributed by atoms with E-state index in [0.29, 0.717) is 18.3 Å². The van der Waals surface area contributed by atoms with Gasteiger partial charge in [0.1, 0.15) is 23.9 Å². The van der Waals surface area contributed by atoms with Crippen molar-refractivity contribution in [3.63, 3.8) is 0 Å². The van der Waals surface area contributed by atoms with Gasteiger partial charge in [-0.25, -0.2) is 0 Å². The summed E-state index contributed by atoms with van der Waals surface area (Å²) in [6.07, 6.45) is 6.73. The molecule has 2 aliphatic rings. The van der Waals surface area contributed by atoms with E-state index in [-0.39, 0.29) is 6.04 Å². The fourth-order valence-electron chi connectivity index (χ4n) is 5.41. The lowest BCUT2D eigenvalue weighted by molar-refractivity contribution is 0.313. The molecule has 3 aromatic rings. The number of phenolic OH excluding ortho intramolecular Hbond substituents is 1. The smallest absolute Gasteiger partial charge is 0.120 e. The maximum Gasteiger partial charge on any atom is 0.120 e. The standard InChI is InChI=1S/C32H40N2O3/c1-22(17-23-5-11-29(12-6-23)37-16-15-33-21-24-3-4-24)34-32-20-30(36-2)13-14-31(32)27-8-7-26-19-28(35)10-9-25(26)18-27/h5-6,9-14,19-20,22,24,27,33-35H,3-4,7-8,15-18,21H2,1-2H3. The van der Waals surface area contributed by atoms with Crippen LogP contribution < -0.4 is 20.1 Å². The van der Waals surface area contributed by atoms with E-state index >= 15 is 0 Å². The minimum absolute atomic E-state index is 0.261. The third-order valence-electron chi connectivity index (χ3n) is 7.66. The molecule has 0 heterocycles. The molecule has 0 bridgehead atoms. The van der Waals surface area contributed by atoms with Crippen LogP contribution in [0.3, 0.4) is 0 Å². The molecule has 1 saturated carbocycles. The first-order valence-electron chi connectivity index (χ1n) is 13.7. The molecule has 3 N–H and O–H groups in total. The van der Waals surface area contributed by atoms with Gasteiger partial charge in [-0.3, -0.25) is 0 Å². The van der Waals surface area contributed by atoms with Crippen LogP contribution in [0.4, 0.5) is 5.69 Å². The molecule has 5 rings (SSSR count). The Bertz CT molecular complexity index is 1170. The van der Waals surface area contributed by atoms with Gasteiger partial charge in [0.15, 0.2) is 0 Å². The summed E-state index contributed by atoms with van der Waals surface area (Å²) in [6.45, 7) is 4.96. The lowest BCUT2D eigenvalue weighted by Crippen LogP contribution is -2.23. The van der Waals surface area contributed by atoms with E-state index in [9.17, 15) is 5.11 Å². The quantitative estimate of drug-likeness (QED) is 0.263. The van der Waals surface area contributed by atoms with Gasteiger partial charge in [0.25, 0.3) is 0 Å². The molecular formula is C32H40N2O3. The maximum atomic E-state index is 9.85. The largest absolute Gasteiger partial charge is 0.508 e. The summed E-state index contributed by atoms with van der Waals surface area (Å²) >= 11 is 0. The third-order valence-corrected chi connectivity index (χ3v) is 7.66. The van der Waals surface area contributed by atoms with Crippen molar-refractivity contribution in [2.75, 3.05) is 32.1 Å². The molecule has 5 nitrogen and oxygen atoms in total. The number of rotatable bonds is 12. The first-order chi connectivity index (χ1) is 18.1. The average Bonchev–Trinajstić information content (AvgIpc) is 3.73. The van der Waals surface area contributed by atoms with Crippen LogP contribution in [0.25, 0.3) is 0 Å². The van der Waals surface area contributed by atoms with Gasteiger partial charge in [-0.05, 0) is 116 Å². The zero-order valence-corrected chi connectivity index (χ0v) is 22.1. The van der Waals surface area contributed by atoms with E-state index in [0.717, 1.165) is 61.9 Å². The molecule has 5 heteroatoms. The Balaban J connectivity index is 1.19. The lowest BCUT2D eigenvalue weighted by Gasteiger charge is -2.28. The zero-order chi connectivity index (χ0) is 25.6. The second-order valence-corrected chi connectivity index (χ2v) is 10.7. The number of aryl methyl sites for hydroxylation is 1. The molecule has 0 aromatic heterocycles. The van der Waals surface area contributed by atoms with Crippen molar-refractivity contribution >= 4 is 5.69 Å². The van der Waals surface area contributed by atoms with E-state index in [4.69, 9.17) is 9.47 Å². The second kappa shape index (κ2) is 11.9. The highest BCUT2D eigenvalue weighted by atomic mass is 16.5. The summed E-state index contributed by atoms with van der Waals surface area (Å²) in [6, 6.07) is 21.0. The molecule has 0 spiro atoms. The van der Waals surface area contributed by atoms with E-state index in [1.165, 1.54) is 35.1 Å². The summed E-state index contributed by atoms with van der Waals surface area (Å²) < 4.78 is 11.5. The summed E-state index contributed by atoms with van der Waals surface area (Å²) in [5.74, 6) is 3.50. The number of benzene rings is 3. The van der Waals surface area contributed by atoms with Crippen molar-refractivity contribution in [1.29, 1.82) is 0 Å². The number of hydrogen-bond donors (Lipinski definition) is 3. The van der Waals surface area contributed by atoms with Crippen molar-refractivity contribution < 1.29 is 14.6 Å². The topological polar surface area (TPSA) is 62.8 Å². The maximum absolute atomic E-state index is 9.85. The molecule has 196 valence electrons. The molecule has 37 heavy (non-hydrogen) atoms. The molecule has 2 atom stereocenters. The molecular weight excluding hydrogens is 460 g/mol. The Labute approximate surface area is 221 Å². The molecule has 1 fully saturated rings. The summed E-state index contributed by atoms with van der Waals surface area (Å²) in [5, 5.41) is 17.1. The minimum Gasteiger partial charge on any atom is -0.508 e. The Morgan fingerprint density at radius 3 is 2.54 bits per heavy atom. The Kier molecular flexibility index (Phi) is 8.20. The van der Waals surface area contributed by atoms with Crippen LogP contribution in [0.5, 0.6) is 17.2 Å². The van der Waals surface area contributed by atoms with Gasteiger partial charge in [0.2, 0.25) is 0 Å². The molecule has 0 radical (unpaired) electrons. The highest BCUT2D eigenvalue weighted by molar-refractivity contribution is 5.58. The number of ether oxygens (including phenoxy) is 2. The number of hydrogen-bond acceptors (Lipinski definition) is 5. The van der Waals surface area contributed by atoms with Gasteiger partial charge in [-0.15, -0.1) is 0 Å². The van der Waals surface area contributed by atoms with Crippen LogP contribution in [0, 0.1) is 5.92 Å². The number of methoxy groups -OCH3 is 1. The number of nitrogens with one attached hydrogen (secondary N) is 2. The molecule has 2 aliphatic carbocycles. The average molecular weight is 501 g/mol. The molecule has 0 amide bonds. The Morgan fingerprint density at radius 1 is 0.946 bits per heavy atom. The molecule has 2 unspecified atom stereocenters. The van der Waals surface area contributed by atoms with Gasteiger partial charge in [0.05, 0.1) is 7.11 Å². The normalized spacial score (nSPS) is 17.6. The second-order valence-electron chi connectivity index (χ2n) is 10.7. The lowest BCUT2D eigenvalue weighted by atomic mass is 9.79. The molecule has 0 saturated heterocycles. The zero-order valence-electron chi connectivity index (χ0n) is 22.1. The van der Waals surface area contributed by atoms with Gasteiger partial charge >= 0.3 is 0 Å². The van der Waals surface area contributed by atoms with Crippen molar-refractivity contribution in [2.24, 2.45) is 5.92 Å². The van der Waals surface area contributed by atoms with Crippen LogP contribution in [-0.2, 0) is 19.3 Å².